The van der Waals surface area contributed by atoms with Crippen LogP contribution >= 0.6 is 12.4 Å². The summed E-state index contributed by atoms with van der Waals surface area (Å²) in [5.74, 6) is 0.0791. The molecule has 0 aromatic heterocycles. The Labute approximate surface area is 111 Å². The second kappa shape index (κ2) is 12.1. The number of rotatable bonds is 9. The highest BCUT2D eigenvalue weighted by Crippen LogP contribution is 2.02. The summed E-state index contributed by atoms with van der Waals surface area (Å²) in [6.45, 7) is 4.64. The Balaban J connectivity index is 0. The molecule has 0 aliphatic carbocycles. The van der Waals surface area contributed by atoms with Crippen LogP contribution < -0.4 is 11.1 Å². The molecule has 0 fully saturated rings. The Bertz CT molecular complexity index is 189. The fourth-order valence-electron chi connectivity index (χ4n) is 1.51. The monoisotopic (exact) mass is 266 g/mol. The van der Waals surface area contributed by atoms with Crippen LogP contribution in [0.15, 0.2) is 0 Å². The number of halogens is 1. The van der Waals surface area contributed by atoms with E-state index >= 15 is 0 Å². The molecule has 0 saturated carbocycles. The first-order valence-corrected chi connectivity index (χ1v) is 6.14. The molecule has 4 nitrogen and oxygen atoms in total. The predicted octanol–water partition coefficient (Wildman–Crippen LogP) is 1.86. The van der Waals surface area contributed by atoms with Gasteiger partial charge in [0.05, 0.1) is 12.6 Å². The Hall–Kier alpha value is -0.320. The summed E-state index contributed by atoms with van der Waals surface area (Å²) in [6.07, 6.45) is 4.47. The fraction of sp³-hybridized carbons (Fsp3) is 0.917. The van der Waals surface area contributed by atoms with Gasteiger partial charge in [-0.05, 0) is 19.8 Å². The van der Waals surface area contributed by atoms with Crippen LogP contribution in [0.1, 0.15) is 46.0 Å². The van der Waals surface area contributed by atoms with Crippen LogP contribution in [0.5, 0.6) is 0 Å². The van der Waals surface area contributed by atoms with E-state index in [-0.39, 0.29) is 30.4 Å². The number of carbonyl (C=O) groups is 1. The van der Waals surface area contributed by atoms with E-state index in [4.69, 9.17) is 10.5 Å². The lowest BCUT2D eigenvalue weighted by Crippen LogP contribution is -2.38. The van der Waals surface area contributed by atoms with Crippen molar-refractivity contribution >= 4 is 18.3 Å². The molecule has 0 aromatic carbocycles. The molecule has 5 heteroatoms. The van der Waals surface area contributed by atoms with E-state index in [1.807, 2.05) is 6.92 Å². The molecule has 0 aliphatic heterocycles. The second-order valence-corrected chi connectivity index (χ2v) is 4.38. The summed E-state index contributed by atoms with van der Waals surface area (Å²) in [6, 6.07) is 0.229. The minimum absolute atomic E-state index is 0. The van der Waals surface area contributed by atoms with Crippen molar-refractivity contribution in [3.63, 3.8) is 0 Å². The highest BCUT2D eigenvalue weighted by atomic mass is 35.5. The number of ether oxygens (including phenoxy) is 1. The minimum atomic E-state index is 0. The van der Waals surface area contributed by atoms with Gasteiger partial charge in [-0.25, -0.2) is 0 Å². The van der Waals surface area contributed by atoms with Gasteiger partial charge in [0.1, 0.15) is 0 Å². The minimum Gasteiger partial charge on any atom is -0.383 e. The van der Waals surface area contributed by atoms with Crippen LogP contribution in [0.25, 0.3) is 0 Å². The van der Waals surface area contributed by atoms with Gasteiger partial charge in [-0.3, -0.25) is 4.79 Å². The van der Waals surface area contributed by atoms with Gasteiger partial charge < -0.3 is 15.8 Å². The average Bonchev–Trinajstić information content (AvgIpc) is 2.23. The third kappa shape index (κ3) is 11.9. The lowest BCUT2D eigenvalue weighted by atomic mass is 10.1. The van der Waals surface area contributed by atoms with Crippen molar-refractivity contribution in [1.82, 2.24) is 5.32 Å². The SMILES string of the molecule is CCCCC(COC)NC(=O)CCC(C)N.Cl. The highest BCUT2D eigenvalue weighted by Gasteiger charge is 2.11. The maximum atomic E-state index is 11.6. The molecular weight excluding hydrogens is 240 g/mol. The standard InChI is InChI=1S/C12H26N2O2.ClH/c1-4-5-6-11(9-16-3)14-12(15)8-7-10(2)13;/h10-11H,4-9,13H2,1-3H3,(H,14,15);1H. The van der Waals surface area contributed by atoms with Gasteiger partial charge in [0.15, 0.2) is 0 Å². The molecule has 2 unspecified atom stereocenters. The smallest absolute Gasteiger partial charge is 0.220 e. The van der Waals surface area contributed by atoms with Crippen LogP contribution in [0, 0.1) is 0 Å². The Kier molecular flexibility index (Phi) is 13.6. The van der Waals surface area contributed by atoms with Gasteiger partial charge in [-0.15, -0.1) is 12.4 Å². The van der Waals surface area contributed by atoms with Crippen LogP contribution in [0.2, 0.25) is 0 Å². The van der Waals surface area contributed by atoms with E-state index in [0.717, 1.165) is 25.7 Å². The third-order valence-electron chi connectivity index (χ3n) is 2.47. The zero-order chi connectivity index (χ0) is 12.4. The van der Waals surface area contributed by atoms with E-state index in [0.29, 0.717) is 13.0 Å². The summed E-state index contributed by atoms with van der Waals surface area (Å²) < 4.78 is 5.09. The van der Waals surface area contributed by atoms with E-state index in [9.17, 15) is 4.79 Å². The van der Waals surface area contributed by atoms with E-state index in [2.05, 4.69) is 12.2 Å². The molecular formula is C12H27ClN2O2. The lowest BCUT2D eigenvalue weighted by molar-refractivity contribution is -0.122. The summed E-state index contributed by atoms with van der Waals surface area (Å²) in [4.78, 5) is 11.6. The average molecular weight is 267 g/mol. The molecule has 0 bridgehead atoms. The lowest BCUT2D eigenvalue weighted by Gasteiger charge is -2.17. The molecule has 0 rings (SSSR count). The zero-order valence-corrected chi connectivity index (χ0v) is 12.0. The number of amides is 1. The first-order chi connectivity index (χ1) is 7.60. The van der Waals surface area contributed by atoms with Gasteiger partial charge in [0.2, 0.25) is 5.91 Å². The van der Waals surface area contributed by atoms with Crippen molar-refractivity contribution in [1.29, 1.82) is 0 Å². The normalized spacial score (nSPS) is 13.6. The zero-order valence-electron chi connectivity index (χ0n) is 11.2. The molecule has 0 heterocycles. The Morgan fingerprint density at radius 3 is 2.53 bits per heavy atom. The van der Waals surface area contributed by atoms with E-state index in [1.165, 1.54) is 0 Å². The maximum Gasteiger partial charge on any atom is 0.220 e. The first-order valence-electron chi connectivity index (χ1n) is 6.14. The predicted molar refractivity (Wildman–Crippen MR) is 73.5 cm³/mol. The van der Waals surface area contributed by atoms with Crippen molar-refractivity contribution in [3.05, 3.63) is 0 Å². The molecule has 0 aromatic rings. The van der Waals surface area contributed by atoms with Crippen LogP contribution in [0.3, 0.4) is 0 Å². The number of methoxy groups -OCH3 is 1. The summed E-state index contributed by atoms with van der Waals surface area (Å²) in [7, 11) is 1.66. The summed E-state index contributed by atoms with van der Waals surface area (Å²) in [5.41, 5.74) is 5.61. The largest absolute Gasteiger partial charge is 0.383 e. The Morgan fingerprint density at radius 2 is 2.06 bits per heavy atom. The molecule has 0 aliphatic rings. The van der Waals surface area contributed by atoms with Gasteiger partial charge in [-0.1, -0.05) is 19.8 Å². The number of hydrogen-bond donors (Lipinski definition) is 2. The van der Waals surface area contributed by atoms with Crippen LogP contribution in [0.4, 0.5) is 0 Å². The molecule has 0 spiro atoms. The molecule has 17 heavy (non-hydrogen) atoms. The maximum absolute atomic E-state index is 11.6. The highest BCUT2D eigenvalue weighted by molar-refractivity contribution is 5.85. The second-order valence-electron chi connectivity index (χ2n) is 4.38. The number of hydrogen-bond acceptors (Lipinski definition) is 3. The van der Waals surface area contributed by atoms with Gasteiger partial charge in [-0.2, -0.15) is 0 Å². The topological polar surface area (TPSA) is 64.3 Å². The number of nitrogens with two attached hydrogens (primary N) is 1. The Morgan fingerprint density at radius 1 is 1.41 bits per heavy atom. The van der Waals surface area contributed by atoms with Crippen molar-refractivity contribution in [2.24, 2.45) is 5.73 Å². The summed E-state index contributed by atoms with van der Waals surface area (Å²) >= 11 is 0. The molecule has 0 radical (unpaired) electrons. The van der Waals surface area contributed by atoms with Gasteiger partial charge >= 0.3 is 0 Å². The van der Waals surface area contributed by atoms with Crippen molar-refractivity contribution in [2.45, 2.75) is 58.0 Å². The van der Waals surface area contributed by atoms with Gasteiger partial charge in [0, 0.05) is 19.6 Å². The third-order valence-corrected chi connectivity index (χ3v) is 2.47. The molecule has 0 saturated heterocycles. The molecule has 1 amide bonds. The van der Waals surface area contributed by atoms with E-state index in [1.54, 1.807) is 7.11 Å². The van der Waals surface area contributed by atoms with Crippen molar-refractivity contribution in [3.8, 4) is 0 Å². The fourth-order valence-corrected chi connectivity index (χ4v) is 1.51. The molecule has 104 valence electrons. The van der Waals surface area contributed by atoms with Crippen molar-refractivity contribution in [2.75, 3.05) is 13.7 Å². The van der Waals surface area contributed by atoms with Crippen LogP contribution in [-0.2, 0) is 9.53 Å². The van der Waals surface area contributed by atoms with E-state index < -0.39 is 0 Å². The number of nitrogens with one attached hydrogen (secondary N) is 1. The quantitative estimate of drug-likeness (QED) is 0.670. The van der Waals surface area contributed by atoms with Gasteiger partial charge in [0.25, 0.3) is 0 Å². The molecule has 2 atom stereocenters. The van der Waals surface area contributed by atoms with Crippen molar-refractivity contribution < 1.29 is 9.53 Å². The summed E-state index contributed by atoms with van der Waals surface area (Å²) in [5, 5.41) is 2.99. The number of unbranched alkanes of at least 4 members (excludes halogenated alkanes) is 1. The number of carbonyl (C=O) groups excluding carboxylic acids is 1. The molecule has 3 N–H and O–H groups in total. The first kappa shape index (κ1) is 19.0. The van der Waals surface area contributed by atoms with Crippen LogP contribution in [-0.4, -0.2) is 31.7 Å².